The van der Waals surface area contributed by atoms with Gasteiger partial charge in [-0.25, -0.2) is 0 Å². The van der Waals surface area contributed by atoms with Gasteiger partial charge in [0.15, 0.2) is 0 Å². The standard InChI is InChI=1S/C25H31N2O4PS/c1-25(2,29)13-15-32(30,31)14-3-5-18-7-9-19(10-8-18)24(28)27-22-17-20(11-12-21(22)26)23-6-4-16-33-23/h4,6-12,16-17,29H,3,5,13-15,26H2,1-2H3,(H,27,28)(H,30,31). The average Bonchev–Trinajstić information content (AvgIpc) is 3.29. The Bertz CT molecular complexity index is 1120. The molecule has 0 aliphatic heterocycles. The zero-order valence-corrected chi connectivity index (χ0v) is 20.7. The molecule has 0 radical (unpaired) electrons. The van der Waals surface area contributed by atoms with Crippen LogP contribution >= 0.6 is 18.7 Å². The van der Waals surface area contributed by atoms with Gasteiger partial charge in [0.25, 0.3) is 5.91 Å². The van der Waals surface area contributed by atoms with Gasteiger partial charge in [0.05, 0.1) is 17.0 Å². The van der Waals surface area contributed by atoms with Crippen molar-refractivity contribution < 1.29 is 19.4 Å². The smallest absolute Gasteiger partial charge is 0.255 e. The number of rotatable bonds is 10. The summed E-state index contributed by atoms with van der Waals surface area (Å²) in [5.74, 6) is -0.247. The van der Waals surface area contributed by atoms with E-state index in [9.17, 15) is 19.4 Å². The third kappa shape index (κ3) is 7.83. The summed E-state index contributed by atoms with van der Waals surface area (Å²) < 4.78 is 12.3. The van der Waals surface area contributed by atoms with Crippen molar-refractivity contribution in [1.29, 1.82) is 0 Å². The Morgan fingerprint density at radius 1 is 1.12 bits per heavy atom. The van der Waals surface area contributed by atoms with Gasteiger partial charge >= 0.3 is 0 Å². The molecule has 3 rings (SSSR count). The number of hydrogen-bond donors (Lipinski definition) is 4. The molecule has 2 aromatic carbocycles. The predicted molar refractivity (Wildman–Crippen MR) is 137 cm³/mol. The number of hydrogen-bond acceptors (Lipinski definition) is 5. The van der Waals surface area contributed by atoms with Gasteiger partial charge in [-0.05, 0) is 79.9 Å². The Balaban J connectivity index is 1.55. The number of amides is 1. The molecule has 176 valence electrons. The van der Waals surface area contributed by atoms with Crippen LogP contribution < -0.4 is 11.1 Å². The van der Waals surface area contributed by atoms with Gasteiger partial charge < -0.3 is 21.1 Å². The normalized spacial score (nSPS) is 13.5. The van der Waals surface area contributed by atoms with Crippen LogP contribution in [0.1, 0.15) is 42.6 Å². The number of carbonyl (C=O) groups excluding carboxylic acids is 1. The lowest BCUT2D eigenvalue weighted by Crippen LogP contribution is -2.20. The van der Waals surface area contributed by atoms with Gasteiger partial charge in [0.1, 0.15) is 0 Å². The molecule has 1 atom stereocenters. The summed E-state index contributed by atoms with van der Waals surface area (Å²) in [6, 6.07) is 16.8. The lowest BCUT2D eigenvalue weighted by molar-refractivity contribution is 0.0765. The van der Waals surface area contributed by atoms with Crippen LogP contribution in [0.5, 0.6) is 0 Å². The second kappa shape index (κ2) is 10.7. The first-order chi connectivity index (χ1) is 15.5. The van der Waals surface area contributed by atoms with Crippen molar-refractivity contribution in [2.75, 3.05) is 23.4 Å². The summed E-state index contributed by atoms with van der Waals surface area (Å²) >= 11 is 1.62. The van der Waals surface area contributed by atoms with Crippen LogP contribution in [0.3, 0.4) is 0 Å². The van der Waals surface area contributed by atoms with E-state index in [0.29, 0.717) is 36.2 Å². The Labute approximate surface area is 198 Å². The van der Waals surface area contributed by atoms with E-state index >= 15 is 0 Å². The van der Waals surface area contributed by atoms with Crippen molar-refractivity contribution in [2.45, 2.75) is 38.7 Å². The molecule has 3 aromatic rings. The molecule has 5 N–H and O–H groups in total. The number of anilines is 2. The van der Waals surface area contributed by atoms with Crippen molar-refractivity contribution in [2.24, 2.45) is 0 Å². The molecule has 0 aliphatic rings. The van der Waals surface area contributed by atoms with Crippen molar-refractivity contribution in [3.63, 3.8) is 0 Å². The number of thiophene rings is 1. The third-order valence-electron chi connectivity index (χ3n) is 5.37. The van der Waals surface area contributed by atoms with Crippen LogP contribution in [-0.2, 0) is 11.0 Å². The molecule has 1 aromatic heterocycles. The topological polar surface area (TPSA) is 113 Å². The lowest BCUT2D eigenvalue weighted by Gasteiger charge is -2.19. The summed E-state index contributed by atoms with van der Waals surface area (Å²) in [5, 5.41) is 14.6. The maximum Gasteiger partial charge on any atom is 0.255 e. The van der Waals surface area contributed by atoms with Crippen LogP contribution in [0, 0.1) is 0 Å². The number of nitrogens with one attached hydrogen (secondary N) is 1. The molecule has 1 unspecified atom stereocenters. The summed E-state index contributed by atoms with van der Waals surface area (Å²) in [6.45, 7) is 3.28. The zero-order valence-electron chi connectivity index (χ0n) is 19.0. The highest BCUT2D eigenvalue weighted by atomic mass is 32.1. The molecule has 8 heteroatoms. The summed E-state index contributed by atoms with van der Waals surface area (Å²) in [4.78, 5) is 23.9. The van der Waals surface area contributed by atoms with E-state index in [1.807, 2.05) is 41.8 Å². The number of nitrogens with two attached hydrogens (primary N) is 1. The number of benzene rings is 2. The monoisotopic (exact) mass is 486 g/mol. The Morgan fingerprint density at radius 2 is 1.85 bits per heavy atom. The number of aliphatic hydroxyl groups is 1. The fourth-order valence-electron chi connectivity index (χ4n) is 3.37. The zero-order chi connectivity index (χ0) is 24.1. The molecule has 0 bridgehead atoms. The van der Waals surface area contributed by atoms with Gasteiger partial charge in [0.2, 0.25) is 7.37 Å². The summed E-state index contributed by atoms with van der Waals surface area (Å²) in [5.41, 5.74) is 8.69. The molecule has 0 saturated heterocycles. The van der Waals surface area contributed by atoms with Gasteiger partial charge in [-0.15, -0.1) is 11.3 Å². The van der Waals surface area contributed by atoms with Gasteiger partial charge in [0, 0.05) is 22.8 Å². The molecule has 33 heavy (non-hydrogen) atoms. The first kappa shape index (κ1) is 25.2. The first-order valence-electron chi connectivity index (χ1n) is 10.9. The van der Waals surface area contributed by atoms with E-state index in [1.165, 1.54) is 0 Å². The highest BCUT2D eigenvalue weighted by molar-refractivity contribution is 7.57. The minimum Gasteiger partial charge on any atom is -0.397 e. The van der Waals surface area contributed by atoms with Crippen molar-refractivity contribution in [3.8, 4) is 10.4 Å². The van der Waals surface area contributed by atoms with E-state index in [0.717, 1.165) is 16.0 Å². The highest BCUT2D eigenvalue weighted by Gasteiger charge is 2.22. The number of aryl methyl sites for hydroxylation is 1. The van der Waals surface area contributed by atoms with Crippen LogP contribution in [0.25, 0.3) is 10.4 Å². The quantitative estimate of drug-likeness (QED) is 0.220. The van der Waals surface area contributed by atoms with E-state index in [1.54, 1.807) is 43.4 Å². The molecular formula is C25H31N2O4PS. The predicted octanol–water partition coefficient (Wildman–Crippen LogP) is 5.61. The van der Waals surface area contributed by atoms with Crippen LogP contribution in [0.2, 0.25) is 0 Å². The molecular weight excluding hydrogens is 455 g/mol. The highest BCUT2D eigenvalue weighted by Crippen LogP contribution is 2.43. The van der Waals surface area contributed by atoms with Crippen molar-refractivity contribution in [1.82, 2.24) is 0 Å². The van der Waals surface area contributed by atoms with Crippen molar-refractivity contribution >= 4 is 36.0 Å². The largest absolute Gasteiger partial charge is 0.397 e. The second-order valence-corrected chi connectivity index (χ2v) is 12.4. The minimum absolute atomic E-state index is 0.117. The number of carbonyl (C=O) groups is 1. The summed E-state index contributed by atoms with van der Waals surface area (Å²) in [7, 11) is -3.25. The number of nitrogen functional groups attached to an aromatic ring is 1. The third-order valence-corrected chi connectivity index (χ3v) is 8.23. The second-order valence-electron chi connectivity index (χ2n) is 8.89. The Morgan fingerprint density at radius 3 is 2.48 bits per heavy atom. The van der Waals surface area contributed by atoms with Gasteiger partial charge in [-0.3, -0.25) is 9.36 Å². The van der Waals surface area contributed by atoms with Crippen LogP contribution in [0.4, 0.5) is 11.4 Å². The van der Waals surface area contributed by atoms with Crippen LogP contribution in [-0.4, -0.2) is 33.8 Å². The summed E-state index contributed by atoms with van der Waals surface area (Å²) in [6.07, 6.45) is 1.84. The molecule has 0 spiro atoms. The molecule has 0 fully saturated rings. The van der Waals surface area contributed by atoms with Gasteiger partial charge in [-0.2, -0.15) is 0 Å². The molecule has 0 aliphatic carbocycles. The van der Waals surface area contributed by atoms with Crippen LogP contribution in [0.15, 0.2) is 60.0 Å². The van der Waals surface area contributed by atoms with E-state index in [4.69, 9.17) is 5.73 Å². The Kier molecular flexibility index (Phi) is 8.14. The lowest BCUT2D eigenvalue weighted by atomic mass is 10.1. The van der Waals surface area contributed by atoms with E-state index < -0.39 is 13.0 Å². The average molecular weight is 487 g/mol. The molecule has 1 heterocycles. The molecule has 1 amide bonds. The van der Waals surface area contributed by atoms with E-state index in [2.05, 4.69) is 5.32 Å². The van der Waals surface area contributed by atoms with Crippen molar-refractivity contribution in [3.05, 3.63) is 71.1 Å². The first-order valence-corrected chi connectivity index (χ1v) is 13.8. The maximum absolute atomic E-state index is 12.7. The fourth-order valence-corrected chi connectivity index (χ4v) is 5.86. The molecule has 0 saturated carbocycles. The fraction of sp³-hybridized carbons (Fsp3) is 0.320. The van der Waals surface area contributed by atoms with E-state index in [-0.39, 0.29) is 18.2 Å². The Hall–Kier alpha value is -2.44. The minimum atomic E-state index is -3.25. The molecule has 6 nitrogen and oxygen atoms in total. The van der Waals surface area contributed by atoms with Gasteiger partial charge in [-0.1, -0.05) is 24.3 Å². The SMILES string of the molecule is CC(C)(O)CCP(=O)(O)CCCc1ccc(C(=O)Nc2cc(-c3cccs3)ccc2N)cc1. The maximum atomic E-state index is 12.7.